The van der Waals surface area contributed by atoms with Gasteiger partial charge in [0.1, 0.15) is 11.3 Å². The maximum Gasteiger partial charge on any atom is 0.123 e. The number of rotatable bonds is 6. The average molecular weight is 521 g/mol. The summed E-state index contributed by atoms with van der Waals surface area (Å²) >= 11 is 0. The number of hydrogen-bond donors (Lipinski definition) is 3. The summed E-state index contributed by atoms with van der Waals surface area (Å²) in [5, 5.41) is 12.5. The molecule has 38 heavy (non-hydrogen) atoms. The third kappa shape index (κ3) is 4.44. The number of nitrogens with zero attached hydrogens (tertiary/aromatic N) is 4. The Morgan fingerprint density at radius 1 is 1.18 bits per heavy atom. The van der Waals surface area contributed by atoms with E-state index >= 15 is 0 Å². The predicted molar refractivity (Wildman–Crippen MR) is 148 cm³/mol. The molecule has 4 aromatic rings. The summed E-state index contributed by atoms with van der Waals surface area (Å²) in [6, 6.07) is 10.8. The molecule has 1 aliphatic rings. The molecule has 1 atom stereocenters. The lowest BCUT2D eigenvalue weighted by molar-refractivity contribution is 0.0552. The van der Waals surface area contributed by atoms with Crippen LogP contribution in [0.25, 0.3) is 27.8 Å². The minimum absolute atomic E-state index is 0.101. The van der Waals surface area contributed by atoms with Gasteiger partial charge < -0.3 is 29.7 Å². The number of fused-ring (bicyclic) bond motifs is 3. The number of ether oxygens (including phenoxy) is 1. The molecule has 0 radical (unpaired) electrons. The standard InChI is InChI=1S/C29H37FN6O2/c1-17(31)26(35(5)32)20-14-22-25(33-16-20)28-23(15-24(34(28)4)29(2,3)37)36(22)27(19-10-12-38-13-11-19)18-6-8-21(30)9-7-18/h6-9,14-16,19,27,37H,10-13,31-32H2,1-5H3/b26-17-. The van der Waals surface area contributed by atoms with Crippen molar-refractivity contribution in [3.8, 4) is 0 Å². The quantitative estimate of drug-likeness (QED) is 0.258. The maximum atomic E-state index is 14.0. The van der Waals surface area contributed by atoms with E-state index in [1.54, 1.807) is 27.1 Å². The molecular weight excluding hydrogens is 483 g/mol. The van der Waals surface area contributed by atoms with E-state index in [0.717, 1.165) is 51.7 Å². The first kappa shape index (κ1) is 26.2. The zero-order chi connectivity index (χ0) is 27.4. The Morgan fingerprint density at radius 3 is 2.42 bits per heavy atom. The van der Waals surface area contributed by atoms with Crippen molar-refractivity contribution in [2.24, 2.45) is 24.5 Å². The lowest BCUT2D eigenvalue weighted by Gasteiger charge is -2.33. The van der Waals surface area contributed by atoms with E-state index in [1.165, 1.54) is 17.1 Å². The summed E-state index contributed by atoms with van der Waals surface area (Å²) in [5.41, 5.74) is 12.7. The number of benzene rings is 1. The number of hydrazine groups is 1. The van der Waals surface area contributed by atoms with Crippen LogP contribution in [-0.2, 0) is 17.4 Å². The van der Waals surface area contributed by atoms with E-state index in [1.807, 2.05) is 36.7 Å². The number of pyridine rings is 1. The van der Waals surface area contributed by atoms with Crippen LogP contribution in [-0.4, -0.2) is 44.5 Å². The number of hydrogen-bond acceptors (Lipinski definition) is 6. The molecule has 5 N–H and O–H groups in total. The van der Waals surface area contributed by atoms with E-state index in [4.69, 9.17) is 21.3 Å². The molecule has 5 rings (SSSR count). The number of aliphatic hydroxyl groups is 1. The van der Waals surface area contributed by atoms with Gasteiger partial charge in [-0.15, -0.1) is 0 Å². The predicted octanol–water partition coefficient (Wildman–Crippen LogP) is 4.36. The molecule has 0 saturated carbocycles. The Balaban J connectivity index is 1.88. The molecule has 0 amide bonds. The number of halogens is 1. The maximum absolute atomic E-state index is 14.0. The highest BCUT2D eigenvalue weighted by molar-refractivity contribution is 6.05. The summed E-state index contributed by atoms with van der Waals surface area (Å²) in [5.74, 6) is 6.15. The van der Waals surface area contributed by atoms with Crippen molar-refractivity contribution in [3.63, 3.8) is 0 Å². The van der Waals surface area contributed by atoms with Crippen molar-refractivity contribution in [3.05, 3.63) is 70.9 Å². The van der Waals surface area contributed by atoms with E-state index in [-0.39, 0.29) is 17.8 Å². The first-order chi connectivity index (χ1) is 18.0. The van der Waals surface area contributed by atoms with Crippen molar-refractivity contribution in [1.29, 1.82) is 0 Å². The van der Waals surface area contributed by atoms with E-state index < -0.39 is 5.60 Å². The van der Waals surface area contributed by atoms with Crippen molar-refractivity contribution < 1.29 is 14.2 Å². The van der Waals surface area contributed by atoms with Gasteiger partial charge in [0.05, 0.1) is 39.6 Å². The molecule has 8 nitrogen and oxygen atoms in total. The van der Waals surface area contributed by atoms with Gasteiger partial charge in [-0.1, -0.05) is 12.1 Å². The molecule has 1 aromatic carbocycles. The van der Waals surface area contributed by atoms with Gasteiger partial charge in [0, 0.05) is 44.8 Å². The van der Waals surface area contributed by atoms with Gasteiger partial charge in [-0.3, -0.25) is 4.98 Å². The molecule has 0 aliphatic carbocycles. The fraction of sp³-hybridized carbons (Fsp3) is 0.414. The Labute approximate surface area is 222 Å². The summed E-state index contributed by atoms with van der Waals surface area (Å²) in [7, 11) is 3.71. The van der Waals surface area contributed by atoms with Crippen LogP contribution in [0.5, 0.6) is 0 Å². The summed E-state index contributed by atoms with van der Waals surface area (Å²) in [6.07, 6.45) is 3.54. The lowest BCUT2D eigenvalue weighted by atomic mass is 9.86. The van der Waals surface area contributed by atoms with Crippen molar-refractivity contribution in [1.82, 2.24) is 19.1 Å². The second-order valence-electron chi connectivity index (χ2n) is 10.9. The largest absolute Gasteiger partial charge is 0.401 e. The molecule has 4 heterocycles. The highest BCUT2D eigenvalue weighted by Gasteiger charge is 2.33. The number of nitrogens with two attached hydrogens (primary N) is 2. The first-order valence-corrected chi connectivity index (χ1v) is 13.0. The molecule has 9 heteroatoms. The highest BCUT2D eigenvalue weighted by atomic mass is 19.1. The average Bonchev–Trinajstić information content (AvgIpc) is 3.35. The summed E-state index contributed by atoms with van der Waals surface area (Å²) in [6.45, 7) is 6.74. The zero-order valence-corrected chi connectivity index (χ0v) is 22.7. The van der Waals surface area contributed by atoms with Gasteiger partial charge in [0.25, 0.3) is 0 Å². The summed E-state index contributed by atoms with van der Waals surface area (Å²) < 4.78 is 24.1. The van der Waals surface area contributed by atoms with Gasteiger partial charge in [-0.05, 0) is 69.4 Å². The van der Waals surface area contributed by atoms with Crippen LogP contribution in [0.15, 0.2) is 48.3 Å². The van der Waals surface area contributed by atoms with Crippen LogP contribution in [0.2, 0.25) is 0 Å². The van der Waals surface area contributed by atoms with Crippen molar-refractivity contribution >= 4 is 27.8 Å². The van der Waals surface area contributed by atoms with Crippen LogP contribution in [0.4, 0.5) is 4.39 Å². The Hall–Kier alpha value is -3.40. The number of allylic oxidation sites excluding steroid dienone is 1. The van der Waals surface area contributed by atoms with Crippen LogP contribution in [0.3, 0.4) is 0 Å². The normalized spacial score (nSPS) is 16.7. The van der Waals surface area contributed by atoms with Gasteiger partial charge in [-0.2, -0.15) is 0 Å². The van der Waals surface area contributed by atoms with Gasteiger partial charge in [-0.25, -0.2) is 10.2 Å². The Bertz CT molecular complexity index is 1500. The molecule has 1 aliphatic heterocycles. The third-order valence-electron chi connectivity index (χ3n) is 7.65. The van der Waals surface area contributed by atoms with E-state index in [0.29, 0.717) is 24.6 Å². The monoisotopic (exact) mass is 520 g/mol. The molecule has 3 aromatic heterocycles. The van der Waals surface area contributed by atoms with Crippen molar-refractivity contribution in [2.75, 3.05) is 20.3 Å². The van der Waals surface area contributed by atoms with Crippen LogP contribution < -0.4 is 11.6 Å². The van der Waals surface area contributed by atoms with Crippen LogP contribution in [0, 0.1) is 11.7 Å². The second-order valence-corrected chi connectivity index (χ2v) is 10.9. The smallest absolute Gasteiger partial charge is 0.123 e. The van der Waals surface area contributed by atoms with E-state index in [2.05, 4.69) is 10.6 Å². The third-order valence-corrected chi connectivity index (χ3v) is 7.65. The van der Waals surface area contributed by atoms with Gasteiger partial charge in [0.2, 0.25) is 0 Å². The van der Waals surface area contributed by atoms with Crippen LogP contribution in [0.1, 0.15) is 56.5 Å². The van der Waals surface area contributed by atoms with Gasteiger partial charge in [0.15, 0.2) is 0 Å². The van der Waals surface area contributed by atoms with E-state index in [9.17, 15) is 9.50 Å². The second kappa shape index (κ2) is 9.72. The highest BCUT2D eigenvalue weighted by Crippen LogP contribution is 2.42. The molecule has 1 unspecified atom stereocenters. The van der Waals surface area contributed by atoms with Gasteiger partial charge >= 0.3 is 0 Å². The molecule has 0 bridgehead atoms. The topological polar surface area (TPSA) is 107 Å². The van der Waals surface area contributed by atoms with Crippen molar-refractivity contribution in [2.45, 2.75) is 45.3 Å². The molecular formula is C29H37FN6O2. The molecule has 1 saturated heterocycles. The molecule has 1 fully saturated rings. The SMILES string of the molecule is C/C(N)=C(\c1cnc2c3c(cc(C(C)(C)O)n3C)n(C(c3ccc(F)cc3)C3CCOCC3)c2c1)N(C)N. The number of aryl methyl sites for hydroxylation is 1. The van der Waals surface area contributed by atoms with Crippen LogP contribution >= 0.6 is 0 Å². The fourth-order valence-corrected chi connectivity index (χ4v) is 6.05. The molecule has 202 valence electrons. The minimum atomic E-state index is -1.05. The molecule has 0 spiro atoms. The zero-order valence-electron chi connectivity index (χ0n) is 22.7. The minimum Gasteiger partial charge on any atom is -0.401 e. The number of aromatic nitrogens is 3. The lowest BCUT2D eigenvalue weighted by Crippen LogP contribution is -2.27. The Kier molecular flexibility index (Phi) is 6.71. The Morgan fingerprint density at radius 2 is 1.84 bits per heavy atom. The fourth-order valence-electron chi connectivity index (χ4n) is 6.05. The first-order valence-electron chi connectivity index (χ1n) is 13.0. The summed E-state index contributed by atoms with van der Waals surface area (Å²) in [4.78, 5) is 4.93.